The molecule has 0 aliphatic rings. The summed E-state index contributed by atoms with van der Waals surface area (Å²) in [6.07, 6.45) is 7.11. The molecule has 58 valence electrons. The molecule has 0 heterocycles. The summed E-state index contributed by atoms with van der Waals surface area (Å²) >= 11 is 0. The maximum atomic E-state index is 3.69. The van der Waals surface area contributed by atoms with Gasteiger partial charge in [-0.15, -0.1) is 0 Å². The summed E-state index contributed by atoms with van der Waals surface area (Å²) in [5, 5.41) is 0. The van der Waals surface area contributed by atoms with Gasteiger partial charge in [0.1, 0.15) is 0 Å². The van der Waals surface area contributed by atoms with Crippen LogP contribution in [0.5, 0.6) is 0 Å². The Balaban J connectivity index is 2.77. The highest BCUT2D eigenvalue weighted by Crippen LogP contribution is 2.06. The fourth-order valence-electron chi connectivity index (χ4n) is 0.994. The molecule has 0 bridgehead atoms. The molecule has 0 rings (SSSR count). The molecule has 0 aliphatic carbocycles. The molecule has 0 fully saturated rings. The summed E-state index contributed by atoms with van der Waals surface area (Å²) in [5.41, 5.74) is 0. The van der Waals surface area contributed by atoms with Gasteiger partial charge in [-0.2, -0.15) is 0 Å². The molecule has 2 heteroatoms. The highest BCUT2D eigenvalue weighted by atomic mass is 29.1. The molecule has 0 saturated heterocycles. The molecule has 0 aromatic rings. The minimum Gasteiger partial charge on any atom is -0.0738 e. The highest BCUT2D eigenvalue weighted by molar-refractivity contribution is 7.02. The molecule has 0 atom stereocenters. The van der Waals surface area contributed by atoms with Crippen molar-refractivity contribution in [2.45, 2.75) is 51.6 Å². The lowest BCUT2D eigenvalue weighted by Crippen LogP contribution is -2.04. The van der Waals surface area contributed by atoms with Crippen LogP contribution in [0.2, 0.25) is 12.6 Å². The van der Waals surface area contributed by atoms with Gasteiger partial charge in [-0.05, 0) is 0 Å². The predicted octanol–water partition coefficient (Wildman–Crippen LogP) is 2.75. The number of hydrogen-bond acceptors (Lipinski definition) is 0. The van der Waals surface area contributed by atoms with Crippen LogP contribution in [0.1, 0.15) is 39.0 Å². The molecule has 0 amide bonds. The Hall–Kier alpha value is 0.434. The van der Waals surface area contributed by atoms with Crippen LogP contribution < -0.4 is 0 Å². The van der Waals surface area contributed by atoms with Gasteiger partial charge in [0.15, 0.2) is 0 Å². The molecule has 10 heavy (non-hydrogen) atoms. The van der Waals surface area contributed by atoms with E-state index in [0.29, 0.717) is 0 Å². The lowest BCUT2D eigenvalue weighted by molar-refractivity contribution is 0.655. The van der Waals surface area contributed by atoms with E-state index in [1.165, 1.54) is 38.1 Å². The number of rotatable bonds is 6. The number of hydrogen-bond donors (Lipinski definition) is 0. The third kappa shape index (κ3) is 8.43. The zero-order valence-electron chi connectivity index (χ0n) is 7.24. The summed E-state index contributed by atoms with van der Waals surface area (Å²) in [6, 6.07) is 1.44. The van der Waals surface area contributed by atoms with Gasteiger partial charge in [0.2, 0.25) is 0 Å². The quantitative estimate of drug-likeness (QED) is 0.425. The van der Waals surface area contributed by atoms with Gasteiger partial charge in [-0.1, -0.05) is 51.6 Å². The molecule has 4 radical (unpaired) electrons. The number of unbranched alkanes of at least 4 members (excludes halogenated alkanes) is 4. The predicted molar refractivity (Wildman–Crippen MR) is 50.9 cm³/mol. The van der Waals surface area contributed by atoms with Gasteiger partial charge in [-0.25, -0.2) is 0 Å². The van der Waals surface area contributed by atoms with Crippen molar-refractivity contribution >= 4 is 18.1 Å². The van der Waals surface area contributed by atoms with Crippen LogP contribution in [0.4, 0.5) is 0 Å². The van der Waals surface area contributed by atoms with E-state index in [9.17, 15) is 0 Å². The second kappa shape index (κ2) is 7.54. The zero-order chi connectivity index (χ0) is 7.82. The van der Waals surface area contributed by atoms with Gasteiger partial charge in [0.25, 0.3) is 0 Å². The van der Waals surface area contributed by atoms with Gasteiger partial charge < -0.3 is 0 Å². The van der Waals surface area contributed by atoms with Crippen molar-refractivity contribution in [2.75, 3.05) is 0 Å². The van der Waals surface area contributed by atoms with E-state index >= 15 is 0 Å². The summed E-state index contributed by atoms with van der Waals surface area (Å²) < 4.78 is 0. The van der Waals surface area contributed by atoms with E-state index in [1.807, 2.05) is 0 Å². The van der Waals surface area contributed by atoms with Gasteiger partial charge >= 0.3 is 0 Å². The summed E-state index contributed by atoms with van der Waals surface area (Å²) in [4.78, 5) is 0. The van der Waals surface area contributed by atoms with E-state index in [1.54, 1.807) is 0 Å². The van der Waals surface area contributed by atoms with Crippen LogP contribution in [0, 0.1) is 0 Å². The first-order chi connectivity index (χ1) is 4.77. The van der Waals surface area contributed by atoms with Crippen LogP contribution in [-0.2, 0) is 0 Å². The van der Waals surface area contributed by atoms with Crippen LogP contribution in [-0.4, -0.2) is 18.1 Å². The third-order valence-corrected chi connectivity index (χ3v) is 3.51. The second-order valence-electron chi connectivity index (χ2n) is 2.94. The Morgan fingerprint density at radius 2 is 1.70 bits per heavy atom. The minimum atomic E-state index is -0.116. The van der Waals surface area contributed by atoms with E-state index in [4.69, 9.17) is 0 Å². The summed E-state index contributed by atoms with van der Waals surface area (Å²) in [7, 11) is 3.58. The van der Waals surface area contributed by atoms with Crippen molar-refractivity contribution in [3.05, 3.63) is 0 Å². The Labute approximate surface area is 70.2 Å². The highest BCUT2D eigenvalue weighted by Gasteiger charge is 1.94. The molecule has 0 unspecified atom stereocenters. The van der Waals surface area contributed by atoms with Crippen molar-refractivity contribution in [2.24, 2.45) is 0 Å². The summed E-state index contributed by atoms with van der Waals surface area (Å²) in [6.45, 7) is 4.58. The molecule has 0 saturated carbocycles. The molecule has 0 spiro atoms. The topological polar surface area (TPSA) is 0 Å². The molecule has 0 aromatic heterocycles. The molecular weight excluding hydrogens is 152 g/mol. The molecular formula is C8H18Si2. The SMILES string of the molecule is CCCCCCC[Si](C)[Si]. The van der Waals surface area contributed by atoms with Gasteiger partial charge in [0.05, 0.1) is 0 Å². The minimum absolute atomic E-state index is 0.116. The smallest absolute Gasteiger partial charge is 0.0271 e. The lowest BCUT2D eigenvalue weighted by atomic mass is 10.2. The van der Waals surface area contributed by atoms with E-state index in [-0.39, 0.29) is 8.31 Å². The first-order valence-electron chi connectivity index (χ1n) is 4.31. The van der Waals surface area contributed by atoms with Crippen LogP contribution in [0.3, 0.4) is 0 Å². The largest absolute Gasteiger partial charge is 0.0738 e. The Bertz CT molecular complexity index is 62.3. The lowest BCUT2D eigenvalue weighted by Gasteiger charge is -2.01. The van der Waals surface area contributed by atoms with Crippen LogP contribution >= 0.6 is 0 Å². The molecule has 0 aromatic carbocycles. The molecule has 0 N–H and O–H groups in total. The van der Waals surface area contributed by atoms with E-state index < -0.39 is 0 Å². The van der Waals surface area contributed by atoms with Gasteiger partial charge in [-0.3, -0.25) is 0 Å². The molecule has 0 aliphatic heterocycles. The van der Waals surface area contributed by atoms with Gasteiger partial charge in [0, 0.05) is 18.1 Å². The first kappa shape index (κ1) is 10.4. The fourth-order valence-corrected chi connectivity index (χ4v) is 2.30. The van der Waals surface area contributed by atoms with Crippen molar-refractivity contribution in [1.29, 1.82) is 0 Å². The maximum Gasteiger partial charge on any atom is 0.0271 e. The Morgan fingerprint density at radius 1 is 1.10 bits per heavy atom. The zero-order valence-corrected chi connectivity index (χ0v) is 9.24. The average Bonchev–Trinajstić information content (AvgIpc) is 1.87. The fraction of sp³-hybridized carbons (Fsp3) is 1.00. The Morgan fingerprint density at radius 3 is 2.20 bits per heavy atom. The normalized spacial score (nSPS) is 10.8. The standard InChI is InChI=1S/C8H18Si2/c1-3-4-5-6-7-8-10(2)9/h3-8H2,1-2H3. The van der Waals surface area contributed by atoms with Crippen molar-refractivity contribution < 1.29 is 0 Å². The monoisotopic (exact) mass is 170 g/mol. The second-order valence-corrected chi connectivity index (χ2v) is 7.57. The van der Waals surface area contributed by atoms with Crippen LogP contribution in [0.25, 0.3) is 0 Å². The van der Waals surface area contributed by atoms with E-state index in [0.717, 1.165) is 0 Å². The Kier molecular flexibility index (Phi) is 7.87. The average molecular weight is 170 g/mol. The summed E-state index contributed by atoms with van der Waals surface area (Å²) in [5.74, 6) is 0. The van der Waals surface area contributed by atoms with Crippen molar-refractivity contribution in [1.82, 2.24) is 0 Å². The van der Waals surface area contributed by atoms with Crippen molar-refractivity contribution in [3.63, 3.8) is 0 Å². The van der Waals surface area contributed by atoms with Crippen LogP contribution in [0.15, 0.2) is 0 Å². The first-order valence-corrected chi connectivity index (χ1v) is 8.02. The van der Waals surface area contributed by atoms with Crippen molar-refractivity contribution in [3.8, 4) is 0 Å². The van der Waals surface area contributed by atoms with E-state index in [2.05, 4.69) is 23.2 Å². The molecule has 0 nitrogen and oxygen atoms in total. The third-order valence-electron chi connectivity index (χ3n) is 1.66. The maximum absolute atomic E-state index is 3.69.